The first-order valence-corrected chi connectivity index (χ1v) is 6.15. The van der Waals surface area contributed by atoms with Crippen molar-refractivity contribution in [2.75, 3.05) is 0 Å². The average molecular weight is 279 g/mol. The van der Waals surface area contributed by atoms with Gasteiger partial charge in [-0.25, -0.2) is 9.59 Å². The summed E-state index contributed by atoms with van der Waals surface area (Å²) in [5.74, 6) is -1.14. The second-order valence-electron chi connectivity index (χ2n) is 3.86. The standard InChI is InChI=1S/C11H9N3O4S/c1-5-6-8(19-7(5)10(16)17)13-11(18)14(9(6)15)4-2-3-12/h2,4H2,1H3,(H,13,18)(H,16,17). The molecule has 0 bridgehead atoms. The van der Waals surface area contributed by atoms with Crippen LogP contribution in [0.25, 0.3) is 10.2 Å². The molecular formula is C11H9N3O4S. The Kier molecular flexibility index (Phi) is 3.23. The number of aromatic nitrogens is 2. The molecule has 19 heavy (non-hydrogen) atoms. The van der Waals surface area contributed by atoms with Crippen molar-refractivity contribution in [2.45, 2.75) is 19.9 Å². The molecule has 2 rings (SSSR count). The number of rotatable bonds is 3. The number of hydrogen-bond donors (Lipinski definition) is 2. The minimum absolute atomic E-state index is 0.0156. The van der Waals surface area contributed by atoms with Crippen molar-refractivity contribution in [1.29, 1.82) is 5.26 Å². The largest absolute Gasteiger partial charge is 0.477 e. The van der Waals surface area contributed by atoms with Gasteiger partial charge in [-0.3, -0.25) is 14.3 Å². The summed E-state index contributed by atoms with van der Waals surface area (Å²) in [7, 11) is 0. The van der Waals surface area contributed by atoms with E-state index in [0.29, 0.717) is 5.56 Å². The first-order chi connectivity index (χ1) is 8.97. The molecule has 0 aliphatic carbocycles. The Morgan fingerprint density at radius 2 is 2.21 bits per heavy atom. The third kappa shape index (κ3) is 2.04. The number of carbonyl (C=O) groups is 1. The summed E-state index contributed by atoms with van der Waals surface area (Å²) in [6, 6.07) is 1.85. The molecule has 2 aromatic rings. The lowest BCUT2D eigenvalue weighted by atomic mass is 10.2. The van der Waals surface area contributed by atoms with Gasteiger partial charge in [0.05, 0.1) is 17.9 Å². The van der Waals surface area contributed by atoms with Gasteiger partial charge in [0.25, 0.3) is 5.56 Å². The summed E-state index contributed by atoms with van der Waals surface area (Å²) in [5.41, 5.74) is -0.861. The van der Waals surface area contributed by atoms with E-state index in [0.717, 1.165) is 15.9 Å². The molecule has 2 aromatic heterocycles. The van der Waals surface area contributed by atoms with Crippen molar-refractivity contribution in [3.05, 3.63) is 31.3 Å². The number of carboxylic acids is 1. The van der Waals surface area contributed by atoms with Gasteiger partial charge in [0.1, 0.15) is 9.71 Å². The molecule has 0 radical (unpaired) electrons. The molecule has 0 aliphatic heterocycles. The van der Waals surface area contributed by atoms with Gasteiger partial charge in [0.15, 0.2) is 0 Å². The lowest BCUT2D eigenvalue weighted by Crippen LogP contribution is -2.34. The fourth-order valence-corrected chi connectivity index (χ4v) is 2.85. The molecule has 8 heteroatoms. The van der Waals surface area contributed by atoms with Gasteiger partial charge in [0.2, 0.25) is 0 Å². The molecule has 7 nitrogen and oxygen atoms in total. The summed E-state index contributed by atoms with van der Waals surface area (Å²) < 4.78 is 0.914. The molecular weight excluding hydrogens is 270 g/mol. The van der Waals surface area contributed by atoms with Gasteiger partial charge in [-0.1, -0.05) is 0 Å². The van der Waals surface area contributed by atoms with Crippen LogP contribution in [0.5, 0.6) is 0 Å². The number of nitriles is 1. The third-order valence-electron chi connectivity index (χ3n) is 2.71. The first-order valence-electron chi connectivity index (χ1n) is 5.33. The summed E-state index contributed by atoms with van der Waals surface area (Å²) in [4.78, 5) is 37.6. The maximum Gasteiger partial charge on any atom is 0.346 e. The maximum atomic E-state index is 12.2. The number of aromatic carboxylic acids is 1. The van der Waals surface area contributed by atoms with Crippen LogP contribution < -0.4 is 11.2 Å². The average Bonchev–Trinajstić information content (AvgIpc) is 2.66. The van der Waals surface area contributed by atoms with E-state index in [1.165, 1.54) is 6.92 Å². The molecule has 0 saturated heterocycles. The van der Waals surface area contributed by atoms with Crippen LogP contribution in [0.15, 0.2) is 9.59 Å². The van der Waals surface area contributed by atoms with Gasteiger partial charge in [-0.05, 0) is 12.5 Å². The zero-order valence-electron chi connectivity index (χ0n) is 9.89. The summed E-state index contributed by atoms with van der Waals surface area (Å²) in [5, 5.41) is 17.7. The molecule has 0 atom stereocenters. The highest BCUT2D eigenvalue weighted by atomic mass is 32.1. The predicted molar refractivity (Wildman–Crippen MR) is 68.6 cm³/mol. The van der Waals surface area contributed by atoms with Gasteiger partial charge in [-0.15, -0.1) is 11.3 Å². The van der Waals surface area contributed by atoms with Crippen molar-refractivity contribution in [2.24, 2.45) is 0 Å². The molecule has 2 heterocycles. The number of nitrogens with zero attached hydrogens (tertiary/aromatic N) is 2. The Balaban J connectivity index is 2.81. The highest BCUT2D eigenvalue weighted by Gasteiger charge is 2.19. The van der Waals surface area contributed by atoms with Crippen LogP contribution >= 0.6 is 11.3 Å². The number of H-pyrrole nitrogens is 1. The van der Waals surface area contributed by atoms with E-state index in [1.54, 1.807) is 0 Å². The number of aromatic amines is 1. The molecule has 0 aromatic carbocycles. The van der Waals surface area contributed by atoms with E-state index in [9.17, 15) is 14.4 Å². The van der Waals surface area contributed by atoms with Crippen LogP contribution in [0.4, 0.5) is 0 Å². The van der Waals surface area contributed by atoms with E-state index in [2.05, 4.69) is 4.98 Å². The third-order valence-corrected chi connectivity index (χ3v) is 3.91. The molecule has 0 saturated carbocycles. The van der Waals surface area contributed by atoms with Crippen molar-refractivity contribution in [1.82, 2.24) is 9.55 Å². The van der Waals surface area contributed by atoms with Crippen molar-refractivity contribution < 1.29 is 9.90 Å². The summed E-state index contributed by atoms with van der Waals surface area (Å²) >= 11 is 0.859. The fourth-order valence-electron chi connectivity index (χ4n) is 1.82. The number of thiophene rings is 1. The predicted octanol–water partition coefficient (Wildman–Crippen LogP) is 0.672. The Morgan fingerprint density at radius 3 is 2.79 bits per heavy atom. The normalized spacial score (nSPS) is 10.5. The molecule has 0 amide bonds. The van der Waals surface area contributed by atoms with Crippen LogP contribution in [0.2, 0.25) is 0 Å². The number of nitrogens with one attached hydrogen (secondary N) is 1. The molecule has 2 N–H and O–H groups in total. The highest BCUT2D eigenvalue weighted by molar-refractivity contribution is 7.20. The Bertz CT molecular complexity index is 821. The van der Waals surface area contributed by atoms with Gasteiger partial charge in [0, 0.05) is 6.54 Å². The summed E-state index contributed by atoms with van der Waals surface area (Å²) in [6.45, 7) is 1.51. The van der Waals surface area contributed by atoms with Crippen molar-refractivity contribution in [3.8, 4) is 6.07 Å². The van der Waals surface area contributed by atoms with Crippen LogP contribution in [-0.4, -0.2) is 20.6 Å². The van der Waals surface area contributed by atoms with E-state index in [1.807, 2.05) is 6.07 Å². The minimum atomic E-state index is -1.14. The van der Waals surface area contributed by atoms with Gasteiger partial charge in [-0.2, -0.15) is 5.26 Å². The van der Waals surface area contributed by atoms with Gasteiger partial charge < -0.3 is 5.11 Å². The lowest BCUT2D eigenvalue weighted by Gasteiger charge is -2.01. The van der Waals surface area contributed by atoms with Crippen LogP contribution in [0.1, 0.15) is 21.7 Å². The van der Waals surface area contributed by atoms with Crippen molar-refractivity contribution in [3.63, 3.8) is 0 Å². The van der Waals surface area contributed by atoms with Gasteiger partial charge >= 0.3 is 11.7 Å². The van der Waals surface area contributed by atoms with E-state index < -0.39 is 17.2 Å². The fraction of sp³-hybridized carbons (Fsp3) is 0.273. The number of hydrogen-bond acceptors (Lipinski definition) is 5. The quantitative estimate of drug-likeness (QED) is 0.856. The number of carboxylic acid groups (broad SMARTS) is 1. The van der Waals surface area contributed by atoms with E-state index >= 15 is 0 Å². The molecule has 0 unspecified atom stereocenters. The van der Waals surface area contributed by atoms with Crippen LogP contribution in [-0.2, 0) is 6.54 Å². The molecule has 0 spiro atoms. The van der Waals surface area contributed by atoms with E-state index in [-0.39, 0.29) is 28.1 Å². The lowest BCUT2D eigenvalue weighted by molar-refractivity contribution is 0.0701. The zero-order valence-corrected chi connectivity index (χ0v) is 10.7. The smallest absolute Gasteiger partial charge is 0.346 e. The SMILES string of the molecule is Cc1c(C(=O)O)sc2[nH]c(=O)n(CCC#N)c(=O)c12. The van der Waals surface area contributed by atoms with Crippen LogP contribution in [0.3, 0.4) is 0 Å². The van der Waals surface area contributed by atoms with E-state index in [4.69, 9.17) is 10.4 Å². The Hall–Kier alpha value is -2.40. The zero-order chi connectivity index (χ0) is 14.2. The summed E-state index contributed by atoms with van der Waals surface area (Å²) in [6.07, 6.45) is 0.0312. The van der Waals surface area contributed by atoms with Crippen LogP contribution in [0, 0.1) is 18.3 Å². The molecule has 0 fully saturated rings. The highest BCUT2D eigenvalue weighted by Crippen LogP contribution is 2.25. The van der Waals surface area contributed by atoms with Crippen molar-refractivity contribution >= 4 is 27.5 Å². The topological polar surface area (TPSA) is 116 Å². The number of aryl methyl sites for hydroxylation is 1. The maximum absolute atomic E-state index is 12.2. The Labute approximate surface area is 110 Å². The second-order valence-corrected chi connectivity index (χ2v) is 4.88. The Morgan fingerprint density at radius 1 is 1.53 bits per heavy atom. The first kappa shape index (κ1) is 13.0. The number of fused-ring (bicyclic) bond motifs is 1. The second kappa shape index (κ2) is 4.70. The minimum Gasteiger partial charge on any atom is -0.477 e. The molecule has 98 valence electrons. The monoisotopic (exact) mass is 279 g/mol. The molecule has 0 aliphatic rings.